The molecule has 1 N–H and O–H groups in total. The highest BCUT2D eigenvalue weighted by molar-refractivity contribution is 6.32. The monoisotopic (exact) mass is 388 g/mol. The first-order chi connectivity index (χ1) is 13.7. The van der Waals surface area contributed by atoms with Crippen molar-refractivity contribution in [1.82, 2.24) is 0 Å². The summed E-state index contributed by atoms with van der Waals surface area (Å²) in [4.78, 5) is 11.8. The Bertz CT molecular complexity index is 1030. The molecule has 0 saturated carbocycles. The fourth-order valence-electron chi connectivity index (χ4n) is 3.35. The number of hydrogen-bond donors (Lipinski definition) is 1. The predicted octanol–water partition coefficient (Wildman–Crippen LogP) is 5.09. The molecule has 3 aromatic rings. The van der Waals surface area contributed by atoms with Gasteiger partial charge in [0.15, 0.2) is 6.17 Å². The number of nitrogens with one attached hydrogen (secondary N) is 1. The highest BCUT2D eigenvalue weighted by atomic mass is 35.5. The Balaban J connectivity index is 1.91. The van der Waals surface area contributed by atoms with Crippen LogP contribution in [0.5, 0.6) is 0 Å². The summed E-state index contributed by atoms with van der Waals surface area (Å²) < 4.78 is 0. The van der Waals surface area contributed by atoms with Crippen LogP contribution in [-0.2, 0) is 0 Å². The number of halogens is 1. The minimum atomic E-state index is -0.297. The van der Waals surface area contributed by atoms with Crippen LogP contribution in [0.1, 0.15) is 11.1 Å². The van der Waals surface area contributed by atoms with Gasteiger partial charge in [-0.05, 0) is 30.3 Å². The van der Waals surface area contributed by atoms with Crippen molar-refractivity contribution >= 4 is 34.5 Å². The predicted molar refractivity (Wildman–Crippen MR) is 119 cm³/mol. The largest absolute Gasteiger partial charge is 0.347 e. The molecule has 0 fully saturated rings. The summed E-state index contributed by atoms with van der Waals surface area (Å²) in [5.41, 5.74) is 4.89. The van der Waals surface area contributed by atoms with Gasteiger partial charge in [-0.25, -0.2) is 0 Å². The molecule has 0 saturated heterocycles. The summed E-state index contributed by atoms with van der Waals surface area (Å²) in [6, 6.07) is 26.2. The van der Waals surface area contributed by atoms with Crippen molar-refractivity contribution in [3.63, 3.8) is 0 Å². The Hall–Kier alpha value is -3.11. The summed E-state index contributed by atoms with van der Waals surface area (Å²) in [7, 11) is 3.81. The molecule has 1 heterocycles. The van der Waals surface area contributed by atoms with Gasteiger partial charge in [0.2, 0.25) is 0 Å². The number of amidine groups is 1. The molecule has 0 aromatic heterocycles. The summed E-state index contributed by atoms with van der Waals surface area (Å²) in [5.74, 6) is 0.779. The number of benzodiazepines with no additional fused rings is 1. The molecule has 5 heteroatoms. The molecule has 1 unspecified atom stereocenters. The molecule has 1 aliphatic rings. The number of likely N-dealkylation sites (N-methyl/N-ethyl adjacent to an activating group) is 1. The van der Waals surface area contributed by atoms with Crippen LogP contribution in [0.2, 0.25) is 5.02 Å². The number of anilines is 2. The quantitative estimate of drug-likeness (QED) is 0.678. The van der Waals surface area contributed by atoms with Gasteiger partial charge < -0.3 is 10.2 Å². The van der Waals surface area contributed by atoms with Gasteiger partial charge in [-0.15, -0.1) is 0 Å². The van der Waals surface area contributed by atoms with Crippen molar-refractivity contribution in [1.29, 1.82) is 0 Å². The van der Waals surface area contributed by atoms with Crippen LogP contribution < -0.4 is 10.2 Å². The highest BCUT2D eigenvalue weighted by Crippen LogP contribution is 2.29. The standard InChI is InChI=1S/C23H21ClN4/c1-25-22-23(28(2)18-11-7-4-8-12-18)27-21(16-9-5-3-6-10-16)19-15-17(24)13-14-20(19)26-22/h3-15,23H,1-2H3,(H,25,26). The van der Waals surface area contributed by atoms with Crippen molar-refractivity contribution in [2.24, 2.45) is 9.98 Å². The van der Waals surface area contributed by atoms with Gasteiger partial charge in [-0.1, -0.05) is 60.1 Å². The second kappa shape index (κ2) is 7.87. The van der Waals surface area contributed by atoms with Crippen molar-refractivity contribution in [3.05, 3.63) is 95.0 Å². The topological polar surface area (TPSA) is 40.0 Å². The van der Waals surface area contributed by atoms with Gasteiger partial charge >= 0.3 is 0 Å². The van der Waals surface area contributed by atoms with E-state index in [1.165, 1.54) is 0 Å². The lowest BCUT2D eigenvalue weighted by Crippen LogP contribution is -2.40. The molecule has 0 bridgehead atoms. The van der Waals surface area contributed by atoms with Crippen LogP contribution in [0.15, 0.2) is 88.8 Å². The molecule has 0 radical (unpaired) electrons. The lowest BCUT2D eigenvalue weighted by Gasteiger charge is -2.27. The van der Waals surface area contributed by atoms with Crippen molar-refractivity contribution in [2.45, 2.75) is 6.17 Å². The van der Waals surface area contributed by atoms with Crippen LogP contribution >= 0.6 is 11.6 Å². The van der Waals surface area contributed by atoms with Crippen molar-refractivity contribution < 1.29 is 0 Å². The third kappa shape index (κ3) is 3.51. The average molecular weight is 389 g/mol. The van der Waals surface area contributed by atoms with E-state index >= 15 is 0 Å². The Labute approximate surface area is 170 Å². The number of fused-ring (bicyclic) bond motifs is 1. The van der Waals surface area contributed by atoms with E-state index in [2.05, 4.69) is 39.5 Å². The molecule has 1 atom stereocenters. The number of benzene rings is 3. The van der Waals surface area contributed by atoms with E-state index in [1.807, 2.05) is 61.6 Å². The highest BCUT2D eigenvalue weighted by Gasteiger charge is 2.27. The van der Waals surface area contributed by atoms with Crippen molar-refractivity contribution in [3.8, 4) is 0 Å². The zero-order chi connectivity index (χ0) is 19.5. The number of aliphatic imine (C=N–C) groups is 2. The maximum absolute atomic E-state index is 6.32. The average Bonchev–Trinajstić information content (AvgIpc) is 2.91. The zero-order valence-electron chi connectivity index (χ0n) is 15.8. The molecule has 0 amide bonds. The zero-order valence-corrected chi connectivity index (χ0v) is 16.6. The van der Waals surface area contributed by atoms with E-state index in [-0.39, 0.29) is 6.17 Å². The summed E-state index contributed by atoms with van der Waals surface area (Å²) in [6.45, 7) is 0. The van der Waals surface area contributed by atoms with E-state index in [0.717, 1.165) is 34.0 Å². The van der Waals surface area contributed by atoms with Gasteiger partial charge in [0, 0.05) is 41.6 Å². The third-order valence-electron chi connectivity index (χ3n) is 4.81. The van der Waals surface area contributed by atoms with E-state index in [0.29, 0.717) is 5.02 Å². The Kier molecular flexibility index (Phi) is 5.13. The summed E-state index contributed by atoms with van der Waals surface area (Å²) in [5, 5.41) is 4.15. The normalized spacial score (nSPS) is 17.3. The fraction of sp³-hybridized carbons (Fsp3) is 0.130. The van der Waals surface area contributed by atoms with E-state index in [9.17, 15) is 0 Å². The van der Waals surface area contributed by atoms with E-state index < -0.39 is 0 Å². The van der Waals surface area contributed by atoms with Crippen LogP contribution in [-0.4, -0.2) is 31.8 Å². The fourth-order valence-corrected chi connectivity index (χ4v) is 3.52. The number of rotatable bonds is 3. The van der Waals surface area contributed by atoms with E-state index in [1.54, 1.807) is 7.05 Å². The van der Waals surface area contributed by atoms with Crippen molar-refractivity contribution in [2.75, 3.05) is 24.3 Å². The minimum Gasteiger partial charge on any atom is -0.347 e. The maximum Gasteiger partial charge on any atom is 0.179 e. The Morgan fingerprint density at radius 1 is 0.964 bits per heavy atom. The second-order valence-corrected chi connectivity index (χ2v) is 7.02. The third-order valence-corrected chi connectivity index (χ3v) is 5.05. The minimum absolute atomic E-state index is 0.297. The van der Waals surface area contributed by atoms with E-state index in [4.69, 9.17) is 16.6 Å². The first-order valence-electron chi connectivity index (χ1n) is 9.12. The molecule has 4 rings (SSSR count). The summed E-state index contributed by atoms with van der Waals surface area (Å²) in [6.07, 6.45) is -0.297. The number of nitrogens with zero attached hydrogens (tertiary/aromatic N) is 3. The van der Waals surface area contributed by atoms with Gasteiger partial charge in [0.25, 0.3) is 0 Å². The molecule has 0 aliphatic carbocycles. The molecule has 3 aromatic carbocycles. The second-order valence-electron chi connectivity index (χ2n) is 6.59. The first kappa shape index (κ1) is 18.3. The Morgan fingerprint density at radius 3 is 2.32 bits per heavy atom. The molecule has 0 spiro atoms. The molecule has 28 heavy (non-hydrogen) atoms. The van der Waals surface area contributed by atoms with Crippen LogP contribution in [0.4, 0.5) is 11.4 Å². The smallest absolute Gasteiger partial charge is 0.179 e. The van der Waals surface area contributed by atoms with Crippen LogP contribution in [0.3, 0.4) is 0 Å². The summed E-state index contributed by atoms with van der Waals surface area (Å²) >= 11 is 6.32. The van der Waals surface area contributed by atoms with Gasteiger partial charge in [0.05, 0.1) is 5.71 Å². The van der Waals surface area contributed by atoms with Crippen LogP contribution in [0.25, 0.3) is 0 Å². The van der Waals surface area contributed by atoms with Gasteiger partial charge in [-0.3, -0.25) is 9.98 Å². The van der Waals surface area contributed by atoms with Crippen LogP contribution in [0, 0.1) is 0 Å². The number of hydrogen-bond acceptors (Lipinski definition) is 3. The molecule has 4 nitrogen and oxygen atoms in total. The lowest BCUT2D eigenvalue weighted by atomic mass is 10.0. The van der Waals surface area contributed by atoms with Gasteiger partial charge in [-0.2, -0.15) is 0 Å². The SMILES string of the molecule is CN=C1Nc2ccc(Cl)cc2C(c2ccccc2)=NC1N(C)c1ccccc1. The molecular weight excluding hydrogens is 368 g/mol. The Morgan fingerprint density at radius 2 is 1.64 bits per heavy atom. The number of para-hydroxylation sites is 1. The molecule has 140 valence electrons. The van der Waals surface area contributed by atoms with Gasteiger partial charge in [0.1, 0.15) is 5.84 Å². The molecular formula is C23H21ClN4. The molecule has 1 aliphatic heterocycles. The first-order valence-corrected chi connectivity index (χ1v) is 9.50. The lowest BCUT2D eigenvalue weighted by molar-refractivity contribution is 0.824. The maximum atomic E-state index is 6.32.